The van der Waals surface area contributed by atoms with Gasteiger partial charge in [-0.3, -0.25) is 0 Å². The van der Waals surface area contributed by atoms with Crippen LogP contribution >= 0.6 is 0 Å². The second-order valence-electron chi connectivity index (χ2n) is 6.47. The number of benzene rings is 4. The average molecular weight is 350 g/mol. The summed E-state index contributed by atoms with van der Waals surface area (Å²) in [6.45, 7) is 0. The predicted molar refractivity (Wildman–Crippen MR) is 115 cm³/mol. The molecule has 0 aliphatic heterocycles. The summed E-state index contributed by atoms with van der Waals surface area (Å²) in [4.78, 5) is 0. The molecule has 2 nitrogen and oxygen atoms in total. The third-order valence-electron chi connectivity index (χ3n) is 4.52. The SMILES string of the molecule is c1ccc(Nc2ccc(NC(c3ccccc3)c3ccccc3)cc2)cc1. The van der Waals surface area contributed by atoms with E-state index in [0.717, 1.165) is 17.1 Å². The Labute approximate surface area is 160 Å². The fraction of sp³-hybridized carbons (Fsp3) is 0.0400. The van der Waals surface area contributed by atoms with Crippen molar-refractivity contribution in [2.75, 3.05) is 10.6 Å². The van der Waals surface area contributed by atoms with E-state index in [1.54, 1.807) is 0 Å². The third kappa shape index (κ3) is 4.36. The van der Waals surface area contributed by atoms with Gasteiger partial charge >= 0.3 is 0 Å². The molecular formula is C25H22N2. The second-order valence-corrected chi connectivity index (χ2v) is 6.47. The normalized spacial score (nSPS) is 10.6. The van der Waals surface area contributed by atoms with Gasteiger partial charge in [0.15, 0.2) is 0 Å². The summed E-state index contributed by atoms with van der Waals surface area (Å²) in [5, 5.41) is 7.09. The standard InChI is InChI=1S/C25H22N2/c1-4-10-20(11-5-1)25(21-12-6-2-7-13-21)27-24-18-16-23(17-19-24)26-22-14-8-3-9-15-22/h1-19,25-27H. The third-order valence-corrected chi connectivity index (χ3v) is 4.52. The van der Waals surface area contributed by atoms with Crippen LogP contribution in [-0.4, -0.2) is 0 Å². The van der Waals surface area contributed by atoms with Crippen LogP contribution < -0.4 is 10.6 Å². The molecule has 0 aromatic heterocycles. The second kappa shape index (κ2) is 8.24. The lowest BCUT2D eigenvalue weighted by atomic mass is 9.98. The van der Waals surface area contributed by atoms with Crippen molar-refractivity contribution in [3.63, 3.8) is 0 Å². The first-order valence-electron chi connectivity index (χ1n) is 9.17. The van der Waals surface area contributed by atoms with Gasteiger partial charge in [-0.25, -0.2) is 0 Å². The molecule has 0 unspecified atom stereocenters. The minimum absolute atomic E-state index is 0.111. The van der Waals surface area contributed by atoms with Crippen LogP contribution in [-0.2, 0) is 0 Å². The zero-order chi connectivity index (χ0) is 18.3. The Morgan fingerprint density at radius 2 is 0.815 bits per heavy atom. The minimum Gasteiger partial charge on any atom is -0.374 e. The smallest absolute Gasteiger partial charge is 0.0767 e. The summed E-state index contributed by atoms with van der Waals surface area (Å²) >= 11 is 0. The molecule has 0 saturated carbocycles. The van der Waals surface area contributed by atoms with Crippen molar-refractivity contribution in [1.82, 2.24) is 0 Å². The molecule has 132 valence electrons. The number of hydrogen-bond donors (Lipinski definition) is 2. The van der Waals surface area contributed by atoms with Crippen molar-refractivity contribution < 1.29 is 0 Å². The summed E-state index contributed by atoms with van der Waals surface area (Å²) in [5.74, 6) is 0. The molecule has 0 heterocycles. The van der Waals surface area contributed by atoms with Gasteiger partial charge in [-0.05, 0) is 47.5 Å². The number of para-hydroxylation sites is 1. The monoisotopic (exact) mass is 350 g/mol. The van der Waals surface area contributed by atoms with E-state index in [2.05, 4.69) is 108 Å². The van der Waals surface area contributed by atoms with Gasteiger partial charge in [-0.1, -0.05) is 78.9 Å². The Kier molecular flexibility index (Phi) is 5.16. The Bertz CT molecular complexity index is 910. The average Bonchev–Trinajstić information content (AvgIpc) is 2.75. The maximum absolute atomic E-state index is 3.67. The Hall–Kier alpha value is -3.52. The molecule has 0 radical (unpaired) electrons. The molecular weight excluding hydrogens is 328 g/mol. The van der Waals surface area contributed by atoms with E-state index in [9.17, 15) is 0 Å². The van der Waals surface area contributed by atoms with Gasteiger partial charge in [0.1, 0.15) is 0 Å². The van der Waals surface area contributed by atoms with Crippen molar-refractivity contribution >= 4 is 17.1 Å². The first kappa shape index (κ1) is 16.9. The van der Waals surface area contributed by atoms with Crippen molar-refractivity contribution in [2.45, 2.75) is 6.04 Å². The van der Waals surface area contributed by atoms with Crippen LogP contribution in [0.5, 0.6) is 0 Å². The van der Waals surface area contributed by atoms with Crippen molar-refractivity contribution in [3.05, 3.63) is 126 Å². The van der Waals surface area contributed by atoms with Gasteiger partial charge in [0, 0.05) is 17.1 Å². The summed E-state index contributed by atoms with van der Waals surface area (Å²) in [6.07, 6.45) is 0. The Morgan fingerprint density at radius 1 is 0.407 bits per heavy atom. The first-order valence-corrected chi connectivity index (χ1v) is 9.17. The summed E-state index contributed by atoms with van der Waals surface area (Å²) in [6, 6.07) is 39.8. The molecule has 0 bridgehead atoms. The van der Waals surface area contributed by atoms with E-state index in [-0.39, 0.29) is 6.04 Å². The molecule has 4 aromatic rings. The van der Waals surface area contributed by atoms with E-state index < -0.39 is 0 Å². The molecule has 0 fully saturated rings. The lowest BCUT2D eigenvalue weighted by molar-refractivity contribution is 0.939. The molecule has 0 amide bonds. The molecule has 0 aliphatic rings. The molecule has 4 aromatic carbocycles. The summed E-state index contributed by atoms with van der Waals surface area (Å²) in [5.41, 5.74) is 5.74. The topological polar surface area (TPSA) is 24.1 Å². The maximum atomic E-state index is 3.67. The molecule has 0 saturated heterocycles. The highest BCUT2D eigenvalue weighted by atomic mass is 14.9. The Morgan fingerprint density at radius 3 is 1.33 bits per heavy atom. The van der Waals surface area contributed by atoms with Crippen LogP contribution in [0, 0.1) is 0 Å². The van der Waals surface area contributed by atoms with E-state index in [4.69, 9.17) is 0 Å². The predicted octanol–water partition coefficient (Wildman–Crippen LogP) is 6.63. The fourth-order valence-corrected chi connectivity index (χ4v) is 3.15. The molecule has 2 heteroatoms. The van der Waals surface area contributed by atoms with E-state index in [1.807, 2.05) is 18.2 Å². The highest BCUT2D eigenvalue weighted by Gasteiger charge is 2.13. The van der Waals surface area contributed by atoms with Crippen LogP contribution in [0.2, 0.25) is 0 Å². The first-order chi connectivity index (χ1) is 13.4. The molecule has 2 N–H and O–H groups in total. The quantitative estimate of drug-likeness (QED) is 0.408. The van der Waals surface area contributed by atoms with E-state index in [0.29, 0.717) is 0 Å². The lowest BCUT2D eigenvalue weighted by Gasteiger charge is -2.21. The van der Waals surface area contributed by atoms with Gasteiger partial charge in [-0.15, -0.1) is 0 Å². The number of nitrogens with one attached hydrogen (secondary N) is 2. The zero-order valence-corrected chi connectivity index (χ0v) is 15.0. The Balaban J connectivity index is 1.55. The highest BCUT2D eigenvalue weighted by Crippen LogP contribution is 2.27. The summed E-state index contributed by atoms with van der Waals surface area (Å²) < 4.78 is 0. The molecule has 4 rings (SSSR count). The number of anilines is 3. The molecule has 0 atom stereocenters. The molecule has 0 aliphatic carbocycles. The van der Waals surface area contributed by atoms with Crippen LogP contribution in [0.3, 0.4) is 0 Å². The van der Waals surface area contributed by atoms with Crippen LogP contribution in [0.1, 0.15) is 17.2 Å². The van der Waals surface area contributed by atoms with Gasteiger partial charge < -0.3 is 10.6 Å². The lowest BCUT2D eigenvalue weighted by Crippen LogP contribution is -2.12. The van der Waals surface area contributed by atoms with Crippen molar-refractivity contribution in [3.8, 4) is 0 Å². The van der Waals surface area contributed by atoms with Crippen molar-refractivity contribution in [1.29, 1.82) is 0 Å². The van der Waals surface area contributed by atoms with Gasteiger partial charge in [0.2, 0.25) is 0 Å². The molecule has 27 heavy (non-hydrogen) atoms. The van der Waals surface area contributed by atoms with Crippen LogP contribution in [0.25, 0.3) is 0 Å². The highest BCUT2D eigenvalue weighted by molar-refractivity contribution is 5.63. The largest absolute Gasteiger partial charge is 0.374 e. The van der Waals surface area contributed by atoms with Gasteiger partial charge in [0.25, 0.3) is 0 Å². The number of hydrogen-bond acceptors (Lipinski definition) is 2. The fourth-order valence-electron chi connectivity index (χ4n) is 3.15. The van der Waals surface area contributed by atoms with E-state index in [1.165, 1.54) is 11.1 Å². The minimum atomic E-state index is 0.111. The number of rotatable bonds is 6. The molecule has 0 spiro atoms. The van der Waals surface area contributed by atoms with E-state index >= 15 is 0 Å². The van der Waals surface area contributed by atoms with Crippen LogP contribution in [0.15, 0.2) is 115 Å². The van der Waals surface area contributed by atoms with Crippen molar-refractivity contribution in [2.24, 2.45) is 0 Å². The van der Waals surface area contributed by atoms with Gasteiger partial charge in [0.05, 0.1) is 6.04 Å². The van der Waals surface area contributed by atoms with Gasteiger partial charge in [-0.2, -0.15) is 0 Å². The summed E-state index contributed by atoms with van der Waals surface area (Å²) in [7, 11) is 0. The zero-order valence-electron chi connectivity index (χ0n) is 15.0. The maximum Gasteiger partial charge on any atom is 0.0767 e. The van der Waals surface area contributed by atoms with Crippen LogP contribution in [0.4, 0.5) is 17.1 Å².